The number of imidazole rings is 1. The zero-order valence-corrected chi connectivity index (χ0v) is 24.7. The monoisotopic (exact) mass is 584 g/mol. The Bertz CT molecular complexity index is 1310. The van der Waals surface area contributed by atoms with Gasteiger partial charge in [0.15, 0.2) is 0 Å². The molecule has 5 atom stereocenters. The Balaban J connectivity index is 0.979. The summed E-state index contributed by atoms with van der Waals surface area (Å²) in [7, 11) is 0. The lowest BCUT2D eigenvalue weighted by atomic mass is 9.97. The fourth-order valence-electron chi connectivity index (χ4n) is 7.42. The molecule has 1 aromatic carbocycles. The molecule has 1 unspecified atom stereocenters. The summed E-state index contributed by atoms with van der Waals surface area (Å²) in [5.41, 5.74) is 0.913. The highest BCUT2D eigenvalue weighted by Crippen LogP contribution is 2.36. The first kappa shape index (κ1) is 29.2. The summed E-state index contributed by atoms with van der Waals surface area (Å²) in [6.45, 7) is 8.58. The molecule has 6 rings (SSSR count). The average molecular weight is 585 g/mol. The maximum Gasteiger partial charge on any atom is 0.432 e. The minimum absolute atomic E-state index is 0.0491. The van der Waals surface area contributed by atoms with Gasteiger partial charge in [0, 0.05) is 70.0 Å². The summed E-state index contributed by atoms with van der Waals surface area (Å²) >= 11 is 0. The number of aliphatic hydroxyl groups excluding tert-OH is 1. The Morgan fingerprint density at radius 1 is 1.02 bits per heavy atom. The van der Waals surface area contributed by atoms with Gasteiger partial charge < -0.3 is 24.9 Å². The Labute approximate surface area is 246 Å². The van der Waals surface area contributed by atoms with Gasteiger partial charge in [0.1, 0.15) is 11.6 Å². The van der Waals surface area contributed by atoms with Gasteiger partial charge in [-0.1, -0.05) is 12.1 Å². The van der Waals surface area contributed by atoms with Crippen molar-refractivity contribution in [2.24, 2.45) is 0 Å². The van der Waals surface area contributed by atoms with Gasteiger partial charge in [0.2, 0.25) is 0 Å². The van der Waals surface area contributed by atoms with Crippen LogP contribution in [-0.2, 0) is 9.53 Å². The quantitative estimate of drug-likeness (QED) is 0.475. The zero-order valence-electron chi connectivity index (χ0n) is 24.7. The number of aromatic nitrogens is 2. The van der Waals surface area contributed by atoms with Crippen molar-refractivity contribution in [3.63, 3.8) is 0 Å². The van der Waals surface area contributed by atoms with Gasteiger partial charge in [-0.3, -0.25) is 19.2 Å². The highest BCUT2D eigenvalue weighted by molar-refractivity contribution is 5.81. The van der Waals surface area contributed by atoms with Gasteiger partial charge >= 0.3 is 11.8 Å². The summed E-state index contributed by atoms with van der Waals surface area (Å²) in [4.78, 5) is 50.7. The van der Waals surface area contributed by atoms with Gasteiger partial charge in [0.05, 0.1) is 11.6 Å². The fourth-order valence-corrected chi connectivity index (χ4v) is 7.42. The van der Waals surface area contributed by atoms with E-state index in [2.05, 4.69) is 15.1 Å². The number of fused-ring (bicyclic) bond motifs is 3. The van der Waals surface area contributed by atoms with Crippen LogP contribution in [0.1, 0.15) is 58.4 Å². The lowest BCUT2D eigenvalue weighted by molar-refractivity contribution is -0.142. The van der Waals surface area contributed by atoms with Gasteiger partial charge in [-0.2, -0.15) is 0 Å². The number of hydrogen-bond acceptors (Lipinski definition) is 8. The van der Waals surface area contributed by atoms with Crippen LogP contribution in [0.25, 0.3) is 11.0 Å². The van der Waals surface area contributed by atoms with Gasteiger partial charge in [-0.05, 0) is 64.5 Å². The number of hydrogen-bond donors (Lipinski definition) is 2. The van der Waals surface area contributed by atoms with E-state index in [1.165, 1.54) is 0 Å². The third-order valence-electron chi connectivity index (χ3n) is 9.42. The molecule has 0 aliphatic carbocycles. The first-order chi connectivity index (χ1) is 20.3. The van der Waals surface area contributed by atoms with Crippen LogP contribution < -0.4 is 15.8 Å². The molecule has 4 fully saturated rings. The van der Waals surface area contributed by atoms with E-state index in [0.29, 0.717) is 38.3 Å². The van der Waals surface area contributed by atoms with E-state index < -0.39 is 12.2 Å². The Kier molecular flexibility index (Phi) is 8.58. The maximum atomic E-state index is 13.0. The van der Waals surface area contributed by atoms with E-state index in [1.54, 1.807) is 10.6 Å². The molecule has 0 saturated carbocycles. The predicted octanol–water partition coefficient (Wildman–Crippen LogP) is 1.20. The number of aliphatic hydroxyl groups is 1. The van der Waals surface area contributed by atoms with E-state index in [4.69, 9.17) is 9.57 Å². The summed E-state index contributed by atoms with van der Waals surface area (Å²) in [5.74, 6) is 0.110. The van der Waals surface area contributed by atoms with Gasteiger partial charge in [0.25, 0.3) is 5.91 Å². The molecule has 42 heavy (non-hydrogen) atoms. The Hall–Kier alpha value is -2.93. The van der Waals surface area contributed by atoms with Crippen LogP contribution in [0.4, 0.5) is 4.79 Å². The number of piperazine rings is 1. The molecule has 2 bridgehead atoms. The second kappa shape index (κ2) is 12.4. The number of nitrogens with zero attached hydrogens (tertiary/aromatic N) is 5. The van der Waals surface area contributed by atoms with Crippen molar-refractivity contribution in [3.8, 4) is 0 Å². The standard InChI is InChI=1S/C30H44N6O6/c1-20(2)35-25-6-3-4-7-26(25)36(30(35)40)42-29(39)31-21-16-22-9-10-23(17-21)34(22)19-24(37)18-32-11-13-33(14-12-32)28(38)27-8-5-15-41-27/h3-4,6-7,20-24,27,37H,5,8-19H2,1-2H3,(H,31,39)/t21?,22-,23+,24-,27-/m0/s1. The first-order valence-corrected chi connectivity index (χ1v) is 15.6. The highest BCUT2D eigenvalue weighted by atomic mass is 16.7. The van der Waals surface area contributed by atoms with Gasteiger partial charge in [-0.25, -0.2) is 9.59 Å². The van der Waals surface area contributed by atoms with Gasteiger partial charge in [-0.15, -0.1) is 4.73 Å². The normalized spacial score (nSPS) is 27.6. The van der Waals surface area contributed by atoms with Crippen LogP contribution in [-0.4, -0.2) is 117 Å². The molecule has 12 heteroatoms. The average Bonchev–Trinajstić information content (AvgIpc) is 3.65. The molecule has 4 saturated heterocycles. The molecular formula is C30H44N6O6. The van der Waals surface area contributed by atoms with Crippen LogP contribution in [0.3, 0.4) is 0 Å². The predicted molar refractivity (Wildman–Crippen MR) is 156 cm³/mol. The summed E-state index contributed by atoms with van der Waals surface area (Å²) < 4.78 is 8.27. The minimum Gasteiger partial charge on any atom is -0.390 e. The summed E-state index contributed by atoms with van der Waals surface area (Å²) in [6, 6.07) is 7.76. The largest absolute Gasteiger partial charge is 0.432 e. The molecule has 2 N–H and O–H groups in total. The number of benzene rings is 1. The smallest absolute Gasteiger partial charge is 0.390 e. The molecule has 1 aromatic heterocycles. The number of nitrogens with one attached hydrogen (secondary N) is 1. The highest BCUT2D eigenvalue weighted by Gasteiger charge is 2.42. The third kappa shape index (κ3) is 5.95. The number of carbonyl (C=O) groups excluding carboxylic acids is 2. The van der Waals surface area contributed by atoms with E-state index in [1.807, 2.05) is 36.9 Å². The molecule has 4 aliphatic rings. The van der Waals surface area contributed by atoms with E-state index in [9.17, 15) is 19.5 Å². The van der Waals surface area contributed by atoms with Crippen molar-refractivity contribution in [1.29, 1.82) is 0 Å². The minimum atomic E-state index is -0.626. The van der Waals surface area contributed by atoms with Crippen molar-refractivity contribution in [3.05, 3.63) is 34.7 Å². The van der Waals surface area contributed by atoms with Crippen LogP contribution in [0, 0.1) is 0 Å². The molecule has 5 heterocycles. The lowest BCUT2D eigenvalue weighted by Gasteiger charge is -2.41. The summed E-state index contributed by atoms with van der Waals surface area (Å²) in [6.07, 6.45) is 4.03. The number of piperidine rings is 1. The Morgan fingerprint density at radius 2 is 1.71 bits per heavy atom. The van der Waals surface area contributed by atoms with Crippen molar-refractivity contribution in [2.45, 2.75) is 88.7 Å². The van der Waals surface area contributed by atoms with Crippen molar-refractivity contribution >= 4 is 23.0 Å². The number of carbonyl (C=O) groups is 2. The molecule has 230 valence electrons. The zero-order chi connectivity index (χ0) is 29.4. The van der Waals surface area contributed by atoms with E-state index >= 15 is 0 Å². The number of amides is 2. The second-order valence-corrected chi connectivity index (χ2v) is 12.6. The van der Waals surface area contributed by atoms with Crippen molar-refractivity contribution in [2.75, 3.05) is 45.9 Å². The molecule has 12 nitrogen and oxygen atoms in total. The van der Waals surface area contributed by atoms with Crippen LogP contribution in [0.2, 0.25) is 0 Å². The maximum absolute atomic E-state index is 13.0. The van der Waals surface area contributed by atoms with Crippen LogP contribution in [0.5, 0.6) is 0 Å². The van der Waals surface area contributed by atoms with Crippen LogP contribution >= 0.6 is 0 Å². The second-order valence-electron chi connectivity index (χ2n) is 12.6. The molecule has 2 aromatic rings. The van der Waals surface area contributed by atoms with Crippen molar-refractivity contribution < 1.29 is 24.3 Å². The Morgan fingerprint density at radius 3 is 2.36 bits per heavy atom. The van der Waals surface area contributed by atoms with Crippen LogP contribution in [0.15, 0.2) is 29.1 Å². The van der Waals surface area contributed by atoms with E-state index in [-0.39, 0.29) is 41.9 Å². The molecular weight excluding hydrogens is 540 g/mol. The molecule has 2 amide bonds. The molecule has 0 radical (unpaired) electrons. The van der Waals surface area contributed by atoms with Crippen molar-refractivity contribution in [1.82, 2.24) is 29.3 Å². The SMILES string of the molecule is CC(C)n1c(=O)n(OC(=O)NC2C[C@H]3CC[C@@H](C2)N3C[C@@H](O)CN2CCN(C(=O)[C@@H]3CCCO3)CC2)c2ccccc21. The molecule has 0 spiro atoms. The third-order valence-corrected chi connectivity index (χ3v) is 9.42. The fraction of sp³-hybridized carbons (Fsp3) is 0.700. The first-order valence-electron chi connectivity index (χ1n) is 15.6. The number of rotatable bonds is 8. The van der Waals surface area contributed by atoms with E-state index in [0.717, 1.165) is 61.9 Å². The number of para-hydroxylation sites is 2. The topological polar surface area (TPSA) is 122 Å². The molecule has 4 aliphatic heterocycles. The number of ether oxygens (including phenoxy) is 1. The summed E-state index contributed by atoms with van der Waals surface area (Å²) in [5, 5.41) is 14.0. The number of β-amino-alcohol motifs (C(OH)–C–C–N with tert-alkyl or cyclic N) is 1. The lowest BCUT2D eigenvalue weighted by Crippen LogP contribution is -2.55.